The molecule has 0 radical (unpaired) electrons. The molecule has 5 amide bonds. The summed E-state index contributed by atoms with van der Waals surface area (Å²) < 4.78 is 0. The van der Waals surface area contributed by atoms with Gasteiger partial charge in [-0.05, 0) is 43.9 Å². The molecule has 0 aromatic heterocycles. The van der Waals surface area contributed by atoms with Crippen molar-refractivity contribution in [3.05, 3.63) is 35.4 Å². The highest BCUT2D eigenvalue weighted by atomic mass is 16.2. The number of nitrogens with one attached hydrogen (secondary N) is 2. The zero-order chi connectivity index (χ0) is 20.5. The van der Waals surface area contributed by atoms with Crippen molar-refractivity contribution in [1.82, 2.24) is 15.5 Å². The lowest BCUT2D eigenvalue weighted by atomic mass is 10.1. The van der Waals surface area contributed by atoms with Crippen molar-refractivity contribution in [3.8, 4) is 0 Å². The molecular weight excluding hydrogens is 362 g/mol. The van der Waals surface area contributed by atoms with E-state index >= 15 is 0 Å². The molecule has 1 aliphatic heterocycles. The quantitative estimate of drug-likeness (QED) is 0.498. The highest BCUT2D eigenvalue weighted by Gasteiger charge is 2.23. The minimum atomic E-state index is -0.606. The summed E-state index contributed by atoms with van der Waals surface area (Å²) in [5.74, 6) is -0.900. The van der Waals surface area contributed by atoms with E-state index in [2.05, 4.69) is 10.6 Å². The van der Waals surface area contributed by atoms with Crippen molar-refractivity contribution in [1.29, 1.82) is 0 Å². The smallest absolute Gasteiger partial charge is 0.312 e. The van der Waals surface area contributed by atoms with E-state index in [-0.39, 0.29) is 23.4 Å². The van der Waals surface area contributed by atoms with Crippen LogP contribution in [-0.4, -0.2) is 54.3 Å². The standard InChI is InChI=1S/C19H27N5O4/c20-17(26)13-5-3-6-14(11-13)18(27)23-15-7-1-2-10-24(12-15)16(25)8-4-9-22-19(21)28/h3,5-6,11,15H,1-2,4,7-10,12H2,(H2,20,26)(H,23,27)(H3,21,22,28). The van der Waals surface area contributed by atoms with Gasteiger partial charge in [0.05, 0.1) is 0 Å². The highest BCUT2D eigenvalue weighted by molar-refractivity contribution is 5.99. The first-order valence-electron chi connectivity index (χ1n) is 9.38. The first kappa shape index (κ1) is 21.2. The van der Waals surface area contributed by atoms with Crippen LogP contribution in [0, 0.1) is 0 Å². The van der Waals surface area contributed by atoms with Crippen LogP contribution in [0.15, 0.2) is 24.3 Å². The fourth-order valence-corrected chi connectivity index (χ4v) is 3.18. The van der Waals surface area contributed by atoms with Crippen LogP contribution >= 0.6 is 0 Å². The Kier molecular flexibility index (Phi) is 7.79. The number of hydrogen-bond acceptors (Lipinski definition) is 4. The Balaban J connectivity index is 1.91. The molecule has 28 heavy (non-hydrogen) atoms. The van der Waals surface area contributed by atoms with Crippen LogP contribution in [-0.2, 0) is 4.79 Å². The van der Waals surface area contributed by atoms with E-state index < -0.39 is 11.9 Å². The van der Waals surface area contributed by atoms with Gasteiger partial charge in [0.25, 0.3) is 5.91 Å². The monoisotopic (exact) mass is 389 g/mol. The fraction of sp³-hybridized carbons (Fsp3) is 0.474. The number of likely N-dealkylation sites (tertiary alicyclic amines) is 1. The van der Waals surface area contributed by atoms with Gasteiger partial charge in [-0.1, -0.05) is 6.07 Å². The first-order valence-corrected chi connectivity index (χ1v) is 9.38. The maximum Gasteiger partial charge on any atom is 0.312 e. The van der Waals surface area contributed by atoms with Gasteiger partial charge in [-0.25, -0.2) is 4.79 Å². The topological polar surface area (TPSA) is 148 Å². The maximum atomic E-state index is 12.5. The lowest BCUT2D eigenvalue weighted by Crippen LogP contribution is -2.44. The minimum absolute atomic E-state index is 0.0110. The predicted octanol–water partition coefficient (Wildman–Crippen LogP) is 0.345. The second kappa shape index (κ2) is 10.3. The molecule has 1 heterocycles. The molecule has 1 aliphatic rings. The van der Waals surface area contributed by atoms with Gasteiger partial charge >= 0.3 is 6.03 Å². The van der Waals surface area contributed by atoms with Gasteiger partial charge in [-0.3, -0.25) is 14.4 Å². The molecule has 9 nitrogen and oxygen atoms in total. The van der Waals surface area contributed by atoms with E-state index in [1.807, 2.05) is 0 Å². The third-order valence-corrected chi connectivity index (χ3v) is 4.64. The lowest BCUT2D eigenvalue weighted by Gasteiger charge is -2.25. The number of benzene rings is 1. The second-order valence-electron chi connectivity index (χ2n) is 6.85. The largest absolute Gasteiger partial charge is 0.366 e. The van der Waals surface area contributed by atoms with Crippen LogP contribution in [0.4, 0.5) is 4.79 Å². The van der Waals surface area contributed by atoms with Gasteiger partial charge in [0.1, 0.15) is 0 Å². The van der Waals surface area contributed by atoms with Crippen LogP contribution in [0.5, 0.6) is 0 Å². The molecular formula is C19H27N5O4. The predicted molar refractivity (Wildman–Crippen MR) is 103 cm³/mol. The Labute approximate surface area is 163 Å². The van der Waals surface area contributed by atoms with E-state index in [0.717, 1.165) is 19.3 Å². The molecule has 152 valence electrons. The molecule has 2 rings (SSSR count). The molecule has 1 saturated heterocycles. The average molecular weight is 389 g/mol. The summed E-state index contributed by atoms with van der Waals surface area (Å²) in [6.45, 7) is 1.43. The molecule has 0 bridgehead atoms. The van der Waals surface area contributed by atoms with Gasteiger partial charge in [0, 0.05) is 43.2 Å². The first-order chi connectivity index (χ1) is 13.4. The number of carbonyl (C=O) groups is 4. The van der Waals surface area contributed by atoms with Crippen molar-refractivity contribution in [2.45, 2.75) is 38.1 Å². The molecule has 1 unspecified atom stereocenters. The summed E-state index contributed by atoms with van der Waals surface area (Å²) in [6.07, 6.45) is 3.36. The summed E-state index contributed by atoms with van der Waals surface area (Å²) >= 11 is 0. The summed E-state index contributed by atoms with van der Waals surface area (Å²) in [5, 5.41) is 5.41. The number of amides is 5. The maximum absolute atomic E-state index is 12.5. The zero-order valence-electron chi connectivity index (χ0n) is 15.8. The van der Waals surface area contributed by atoms with Gasteiger partial charge in [0.15, 0.2) is 0 Å². The number of urea groups is 1. The van der Waals surface area contributed by atoms with Crippen molar-refractivity contribution in [2.75, 3.05) is 19.6 Å². The Morgan fingerprint density at radius 3 is 2.57 bits per heavy atom. The van der Waals surface area contributed by atoms with Crippen molar-refractivity contribution in [2.24, 2.45) is 11.5 Å². The van der Waals surface area contributed by atoms with Crippen LogP contribution in [0.3, 0.4) is 0 Å². The number of nitrogens with two attached hydrogens (primary N) is 2. The summed E-state index contributed by atoms with van der Waals surface area (Å²) in [5.41, 5.74) is 10.9. The van der Waals surface area contributed by atoms with E-state index in [1.54, 1.807) is 23.1 Å². The van der Waals surface area contributed by atoms with Crippen molar-refractivity contribution in [3.63, 3.8) is 0 Å². The van der Waals surface area contributed by atoms with Crippen LogP contribution in [0.2, 0.25) is 0 Å². The number of rotatable bonds is 7. The lowest BCUT2D eigenvalue weighted by molar-refractivity contribution is -0.131. The summed E-state index contributed by atoms with van der Waals surface area (Å²) in [4.78, 5) is 48.7. The van der Waals surface area contributed by atoms with Gasteiger partial charge in [-0.15, -0.1) is 0 Å². The number of hydrogen-bond donors (Lipinski definition) is 4. The SMILES string of the molecule is NC(=O)NCCCC(=O)N1CCCCC(NC(=O)c2cccc(C(N)=O)c2)C1. The van der Waals surface area contributed by atoms with Gasteiger partial charge in [-0.2, -0.15) is 0 Å². The molecule has 1 fully saturated rings. The van der Waals surface area contributed by atoms with Crippen LogP contribution in [0.25, 0.3) is 0 Å². The van der Waals surface area contributed by atoms with Gasteiger partial charge in [0.2, 0.25) is 11.8 Å². The molecule has 0 saturated carbocycles. The van der Waals surface area contributed by atoms with Crippen LogP contribution in [0.1, 0.15) is 52.8 Å². The van der Waals surface area contributed by atoms with E-state index in [9.17, 15) is 19.2 Å². The number of nitrogens with zero attached hydrogens (tertiary/aromatic N) is 1. The van der Waals surface area contributed by atoms with E-state index in [4.69, 9.17) is 11.5 Å². The molecule has 1 aromatic rings. The molecule has 1 atom stereocenters. The molecule has 0 spiro atoms. The summed E-state index contributed by atoms with van der Waals surface area (Å²) in [7, 11) is 0. The molecule has 9 heteroatoms. The fourth-order valence-electron chi connectivity index (χ4n) is 3.18. The van der Waals surface area contributed by atoms with E-state index in [1.165, 1.54) is 6.07 Å². The molecule has 6 N–H and O–H groups in total. The Morgan fingerprint density at radius 2 is 1.86 bits per heavy atom. The van der Waals surface area contributed by atoms with E-state index in [0.29, 0.717) is 38.0 Å². The van der Waals surface area contributed by atoms with Gasteiger partial charge < -0.3 is 27.0 Å². The molecule has 0 aliphatic carbocycles. The summed E-state index contributed by atoms with van der Waals surface area (Å²) in [6, 6.07) is 5.47. The van der Waals surface area contributed by atoms with Crippen molar-refractivity contribution < 1.29 is 19.2 Å². The number of primary amides is 2. The average Bonchev–Trinajstić information content (AvgIpc) is 2.90. The molecule has 1 aromatic carbocycles. The second-order valence-corrected chi connectivity index (χ2v) is 6.85. The Bertz CT molecular complexity index is 737. The highest BCUT2D eigenvalue weighted by Crippen LogP contribution is 2.14. The third kappa shape index (κ3) is 6.57. The van der Waals surface area contributed by atoms with Crippen LogP contribution < -0.4 is 22.1 Å². The Hall–Kier alpha value is -3.10. The van der Waals surface area contributed by atoms with Crippen molar-refractivity contribution >= 4 is 23.8 Å². The Morgan fingerprint density at radius 1 is 1.11 bits per heavy atom. The third-order valence-electron chi connectivity index (χ3n) is 4.64. The minimum Gasteiger partial charge on any atom is -0.366 e. The zero-order valence-corrected chi connectivity index (χ0v) is 15.8. The normalized spacial score (nSPS) is 16.7. The number of carbonyl (C=O) groups excluding carboxylic acids is 4.